The largest absolute Gasteiger partial charge is 0.324 e. The number of nitrogens with zero attached hydrogens (tertiary/aromatic N) is 2. The smallest absolute Gasteiger partial charge is 0.273 e. The van der Waals surface area contributed by atoms with Crippen LogP contribution in [0.2, 0.25) is 0 Å². The molecule has 3 N–H and O–H groups in total. The molecule has 106 valence electrons. The van der Waals surface area contributed by atoms with Crippen LogP contribution in [0.25, 0.3) is 0 Å². The number of hydrogen-bond acceptors (Lipinski definition) is 3. The Hall–Kier alpha value is -2.14. The standard InChI is InChI=1S/C15H20N4O/c1-4-19-14(9-10(2)18-19)15(20)17-13-7-5-12(6-8-13)11(3)16/h5-9,11H,4,16H2,1-3H3,(H,17,20). The Balaban J connectivity index is 2.14. The van der Waals surface area contributed by atoms with Gasteiger partial charge in [0.1, 0.15) is 5.69 Å². The van der Waals surface area contributed by atoms with E-state index in [1.165, 1.54) is 0 Å². The van der Waals surface area contributed by atoms with Gasteiger partial charge in [0.25, 0.3) is 5.91 Å². The second-order valence-corrected chi connectivity index (χ2v) is 4.85. The molecule has 2 aromatic rings. The lowest BCUT2D eigenvalue weighted by atomic mass is 10.1. The molecule has 20 heavy (non-hydrogen) atoms. The fourth-order valence-electron chi connectivity index (χ4n) is 2.03. The lowest BCUT2D eigenvalue weighted by Gasteiger charge is -2.09. The summed E-state index contributed by atoms with van der Waals surface area (Å²) in [7, 11) is 0. The van der Waals surface area contributed by atoms with Crippen molar-refractivity contribution in [2.45, 2.75) is 33.4 Å². The zero-order chi connectivity index (χ0) is 14.7. The lowest BCUT2D eigenvalue weighted by Crippen LogP contribution is -2.17. The van der Waals surface area contributed by atoms with E-state index < -0.39 is 0 Å². The van der Waals surface area contributed by atoms with Crippen LogP contribution in [-0.2, 0) is 6.54 Å². The molecule has 5 heteroatoms. The van der Waals surface area contributed by atoms with Crippen molar-refractivity contribution in [2.24, 2.45) is 5.73 Å². The maximum Gasteiger partial charge on any atom is 0.273 e. The van der Waals surface area contributed by atoms with Crippen molar-refractivity contribution in [2.75, 3.05) is 5.32 Å². The van der Waals surface area contributed by atoms with Gasteiger partial charge in [0.05, 0.1) is 5.69 Å². The van der Waals surface area contributed by atoms with Crippen molar-refractivity contribution in [3.8, 4) is 0 Å². The van der Waals surface area contributed by atoms with Crippen molar-refractivity contribution in [3.05, 3.63) is 47.3 Å². The Labute approximate surface area is 118 Å². The lowest BCUT2D eigenvalue weighted by molar-refractivity contribution is 0.101. The highest BCUT2D eigenvalue weighted by Crippen LogP contribution is 2.15. The van der Waals surface area contributed by atoms with Crippen molar-refractivity contribution in [3.63, 3.8) is 0 Å². The third-order valence-corrected chi connectivity index (χ3v) is 3.13. The van der Waals surface area contributed by atoms with Gasteiger partial charge >= 0.3 is 0 Å². The number of rotatable bonds is 4. The average Bonchev–Trinajstić information content (AvgIpc) is 2.80. The molecule has 0 saturated carbocycles. The first-order valence-electron chi connectivity index (χ1n) is 6.72. The van der Waals surface area contributed by atoms with Crippen molar-refractivity contribution in [1.29, 1.82) is 0 Å². The fourth-order valence-corrected chi connectivity index (χ4v) is 2.03. The Morgan fingerprint density at radius 1 is 1.40 bits per heavy atom. The van der Waals surface area contributed by atoms with Gasteiger partial charge in [-0.1, -0.05) is 12.1 Å². The van der Waals surface area contributed by atoms with Gasteiger partial charge in [0.15, 0.2) is 0 Å². The molecule has 1 aromatic carbocycles. The molecule has 0 bridgehead atoms. The van der Waals surface area contributed by atoms with Gasteiger partial charge in [-0.2, -0.15) is 5.10 Å². The quantitative estimate of drug-likeness (QED) is 0.898. The monoisotopic (exact) mass is 272 g/mol. The maximum atomic E-state index is 12.2. The van der Waals surface area contributed by atoms with Crippen molar-refractivity contribution < 1.29 is 4.79 Å². The molecule has 0 aliphatic rings. The Kier molecular flexibility index (Phi) is 4.20. The zero-order valence-corrected chi connectivity index (χ0v) is 12.1. The van der Waals surface area contributed by atoms with Crippen LogP contribution in [0, 0.1) is 6.92 Å². The number of carbonyl (C=O) groups excluding carboxylic acids is 1. The molecule has 1 amide bonds. The van der Waals surface area contributed by atoms with Crippen LogP contribution in [0.4, 0.5) is 5.69 Å². The summed E-state index contributed by atoms with van der Waals surface area (Å²) >= 11 is 0. The molecule has 0 radical (unpaired) electrons. The number of amides is 1. The first-order valence-corrected chi connectivity index (χ1v) is 6.72. The summed E-state index contributed by atoms with van der Waals surface area (Å²) in [6.45, 7) is 6.43. The summed E-state index contributed by atoms with van der Waals surface area (Å²) in [4.78, 5) is 12.2. The van der Waals surface area contributed by atoms with E-state index in [4.69, 9.17) is 5.73 Å². The maximum absolute atomic E-state index is 12.2. The van der Waals surface area contributed by atoms with Crippen molar-refractivity contribution >= 4 is 11.6 Å². The molecule has 1 aromatic heterocycles. The number of nitrogens with one attached hydrogen (secondary N) is 1. The van der Waals surface area contributed by atoms with Gasteiger partial charge in [-0.25, -0.2) is 0 Å². The Morgan fingerprint density at radius 3 is 2.60 bits per heavy atom. The third-order valence-electron chi connectivity index (χ3n) is 3.13. The number of hydrogen-bond donors (Lipinski definition) is 2. The van der Waals surface area contributed by atoms with E-state index in [0.717, 1.165) is 16.9 Å². The average molecular weight is 272 g/mol. The minimum Gasteiger partial charge on any atom is -0.324 e. The highest BCUT2D eigenvalue weighted by molar-refractivity contribution is 6.03. The number of nitrogens with two attached hydrogens (primary N) is 1. The van der Waals surface area contributed by atoms with E-state index in [1.807, 2.05) is 45.0 Å². The predicted molar refractivity (Wildman–Crippen MR) is 79.6 cm³/mol. The molecule has 2 rings (SSSR count). The normalized spacial score (nSPS) is 12.2. The molecule has 0 spiro atoms. The second-order valence-electron chi connectivity index (χ2n) is 4.85. The SMILES string of the molecule is CCn1nc(C)cc1C(=O)Nc1ccc(C(C)N)cc1. The van der Waals surface area contributed by atoms with E-state index in [0.29, 0.717) is 12.2 Å². The molecule has 1 heterocycles. The number of aromatic nitrogens is 2. The first-order chi connectivity index (χ1) is 9.51. The molecule has 1 unspecified atom stereocenters. The van der Waals surface area contributed by atoms with Crippen LogP contribution < -0.4 is 11.1 Å². The number of benzene rings is 1. The topological polar surface area (TPSA) is 72.9 Å². The highest BCUT2D eigenvalue weighted by Gasteiger charge is 2.13. The number of aryl methyl sites for hydroxylation is 2. The molecule has 0 aliphatic carbocycles. The van der Waals surface area contributed by atoms with Crippen LogP contribution in [0.15, 0.2) is 30.3 Å². The third kappa shape index (κ3) is 3.05. The molecule has 0 aliphatic heterocycles. The van der Waals surface area contributed by atoms with Crippen LogP contribution in [0.1, 0.15) is 41.6 Å². The second kappa shape index (κ2) is 5.88. The summed E-state index contributed by atoms with van der Waals surface area (Å²) in [5.41, 5.74) is 9.00. The summed E-state index contributed by atoms with van der Waals surface area (Å²) in [5, 5.41) is 7.14. The minimum atomic E-state index is -0.152. The van der Waals surface area contributed by atoms with Crippen LogP contribution >= 0.6 is 0 Å². The van der Waals surface area contributed by atoms with E-state index in [1.54, 1.807) is 10.7 Å². The summed E-state index contributed by atoms with van der Waals surface area (Å²) < 4.78 is 1.70. The van der Waals surface area contributed by atoms with E-state index in [2.05, 4.69) is 10.4 Å². The zero-order valence-electron chi connectivity index (χ0n) is 12.1. The molecule has 0 saturated heterocycles. The Bertz CT molecular complexity index is 599. The van der Waals surface area contributed by atoms with Gasteiger partial charge in [-0.3, -0.25) is 9.48 Å². The van der Waals surface area contributed by atoms with Gasteiger partial charge in [0.2, 0.25) is 0 Å². The van der Waals surface area contributed by atoms with Crippen molar-refractivity contribution in [1.82, 2.24) is 9.78 Å². The van der Waals surface area contributed by atoms with Gasteiger partial charge in [0, 0.05) is 18.3 Å². The first kappa shape index (κ1) is 14.3. The molecule has 1 atom stereocenters. The number of anilines is 1. The summed E-state index contributed by atoms with van der Waals surface area (Å²) in [6.07, 6.45) is 0. The molecule has 5 nitrogen and oxygen atoms in total. The fraction of sp³-hybridized carbons (Fsp3) is 0.333. The minimum absolute atomic E-state index is 0.0103. The predicted octanol–water partition coefficient (Wildman–Crippen LogP) is 2.48. The van der Waals surface area contributed by atoms with Gasteiger partial charge in [-0.05, 0) is 44.5 Å². The highest BCUT2D eigenvalue weighted by atomic mass is 16.2. The van der Waals surface area contributed by atoms with E-state index in [-0.39, 0.29) is 11.9 Å². The molecular formula is C15H20N4O. The van der Waals surface area contributed by atoms with Crippen LogP contribution in [0.5, 0.6) is 0 Å². The van der Waals surface area contributed by atoms with E-state index >= 15 is 0 Å². The molecular weight excluding hydrogens is 252 g/mol. The molecule has 0 fully saturated rings. The van der Waals surface area contributed by atoms with Crippen LogP contribution in [-0.4, -0.2) is 15.7 Å². The summed E-state index contributed by atoms with van der Waals surface area (Å²) in [5.74, 6) is -0.152. The number of carbonyl (C=O) groups is 1. The summed E-state index contributed by atoms with van der Waals surface area (Å²) in [6, 6.07) is 9.33. The van der Waals surface area contributed by atoms with E-state index in [9.17, 15) is 4.79 Å². The van der Waals surface area contributed by atoms with Crippen LogP contribution in [0.3, 0.4) is 0 Å². The van der Waals surface area contributed by atoms with Gasteiger partial charge < -0.3 is 11.1 Å². The van der Waals surface area contributed by atoms with Gasteiger partial charge in [-0.15, -0.1) is 0 Å². The Morgan fingerprint density at radius 2 is 2.05 bits per heavy atom.